The molecule has 1 saturated heterocycles. The van der Waals surface area contributed by atoms with Gasteiger partial charge >= 0.3 is 0 Å². The number of ether oxygens (including phenoxy) is 1. The smallest absolute Gasteiger partial charge is 0.269 e. The van der Waals surface area contributed by atoms with Crippen LogP contribution in [0, 0.1) is 11.6 Å². The standard InChI is InChI=1S/C23H21F2N5O2/c24-15-3-6-19(18(25)11-15)32-16-4-1-14(2-5-16)20-21(22(26)31)30-23(29-20)17(12-28-30)13-7-9-27-10-8-13/h1-6,11-13,27-28H,7-10H2,(H2,26,31). The average Bonchev–Trinajstić information content (AvgIpc) is 3.36. The van der Waals surface area contributed by atoms with E-state index in [1.54, 1.807) is 28.8 Å². The molecule has 164 valence electrons. The van der Waals surface area contributed by atoms with Gasteiger partial charge in [-0.3, -0.25) is 9.89 Å². The van der Waals surface area contributed by atoms with Crippen LogP contribution in [0.5, 0.6) is 11.5 Å². The van der Waals surface area contributed by atoms with E-state index in [0.29, 0.717) is 28.6 Å². The number of halogens is 2. The summed E-state index contributed by atoms with van der Waals surface area (Å²) in [6, 6.07) is 9.80. The van der Waals surface area contributed by atoms with Crippen LogP contribution in [0.2, 0.25) is 0 Å². The van der Waals surface area contributed by atoms with Crippen molar-refractivity contribution in [3.05, 3.63) is 71.6 Å². The van der Waals surface area contributed by atoms with Crippen molar-refractivity contribution in [3.8, 4) is 22.8 Å². The number of imidazole rings is 1. The molecular weight excluding hydrogens is 416 g/mol. The van der Waals surface area contributed by atoms with Crippen molar-refractivity contribution in [2.45, 2.75) is 18.8 Å². The predicted octanol–water partition coefficient (Wildman–Crippen LogP) is 3.97. The largest absolute Gasteiger partial charge is 0.454 e. The van der Waals surface area contributed by atoms with Gasteiger partial charge in [0.05, 0.1) is 0 Å². The lowest BCUT2D eigenvalue weighted by Crippen LogP contribution is -2.26. The Hall–Kier alpha value is -3.72. The van der Waals surface area contributed by atoms with Crippen LogP contribution in [0.4, 0.5) is 8.78 Å². The molecule has 1 aliphatic rings. The number of nitrogens with one attached hydrogen (secondary N) is 2. The van der Waals surface area contributed by atoms with E-state index < -0.39 is 17.5 Å². The molecule has 7 nitrogen and oxygen atoms in total. The van der Waals surface area contributed by atoms with E-state index >= 15 is 0 Å². The molecule has 0 saturated carbocycles. The monoisotopic (exact) mass is 437 g/mol. The van der Waals surface area contributed by atoms with E-state index in [2.05, 4.69) is 10.4 Å². The Balaban J connectivity index is 1.49. The third-order valence-corrected chi connectivity index (χ3v) is 5.75. The molecule has 0 unspecified atom stereocenters. The van der Waals surface area contributed by atoms with Gasteiger partial charge in [0.25, 0.3) is 5.91 Å². The fraction of sp³-hybridized carbons (Fsp3) is 0.217. The van der Waals surface area contributed by atoms with Crippen LogP contribution >= 0.6 is 0 Å². The number of aromatic amines is 1. The summed E-state index contributed by atoms with van der Waals surface area (Å²) in [5, 5.41) is 6.47. The number of benzene rings is 2. The number of nitrogens with zero attached hydrogens (tertiary/aromatic N) is 2. The van der Waals surface area contributed by atoms with E-state index in [9.17, 15) is 13.6 Å². The van der Waals surface area contributed by atoms with Crippen LogP contribution < -0.4 is 15.8 Å². The van der Waals surface area contributed by atoms with E-state index in [0.717, 1.165) is 43.6 Å². The molecule has 1 amide bonds. The van der Waals surface area contributed by atoms with Gasteiger partial charge in [-0.05, 0) is 68.2 Å². The fourth-order valence-electron chi connectivity index (χ4n) is 4.17. The summed E-state index contributed by atoms with van der Waals surface area (Å²) < 4.78 is 34.1. The van der Waals surface area contributed by atoms with Gasteiger partial charge in [-0.1, -0.05) is 0 Å². The van der Waals surface area contributed by atoms with E-state index in [1.807, 2.05) is 6.20 Å². The Morgan fingerprint density at radius 1 is 1.12 bits per heavy atom. The molecule has 4 aromatic rings. The lowest BCUT2D eigenvalue weighted by atomic mass is 9.92. The lowest BCUT2D eigenvalue weighted by molar-refractivity contribution is 0.0994. The van der Waals surface area contributed by atoms with Crippen molar-refractivity contribution in [1.29, 1.82) is 0 Å². The average molecular weight is 437 g/mol. The highest BCUT2D eigenvalue weighted by Gasteiger charge is 2.25. The molecule has 1 fully saturated rings. The predicted molar refractivity (Wildman–Crippen MR) is 115 cm³/mol. The molecule has 4 N–H and O–H groups in total. The Morgan fingerprint density at radius 2 is 1.88 bits per heavy atom. The summed E-state index contributed by atoms with van der Waals surface area (Å²) >= 11 is 0. The van der Waals surface area contributed by atoms with Crippen molar-refractivity contribution in [2.24, 2.45) is 5.73 Å². The number of carbonyl (C=O) groups is 1. The quantitative estimate of drug-likeness (QED) is 0.440. The molecule has 32 heavy (non-hydrogen) atoms. The van der Waals surface area contributed by atoms with Gasteiger partial charge in [-0.2, -0.15) is 0 Å². The number of fused-ring (bicyclic) bond motifs is 1. The minimum Gasteiger partial charge on any atom is -0.454 e. The van der Waals surface area contributed by atoms with Gasteiger partial charge in [-0.25, -0.2) is 18.3 Å². The maximum Gasteiger partial charge on any atom is 0.269 e. The lowest BCUT2D eigenvalue weighted by Gasteiger charge is -2.21. The molecule has 0 aliphatic carbocycles. The van der Waals surface area contributed by atoms with Crippen LogP contribution in [0.3, 0.4) is 0 Å². The van der Waals surface area contributed by atoms with Crippen molar-refractivity contribution in [3.63, 3.8) is 0 Å². The van der Waals surface area contributed by atoms with Gasteiger partial charge in [-0.15, -0.1) is 0 Å². The highest BCUT2D eigenvalue weighted by Crippen LogP contribution is 2.33. The molecule has 1 aliphatic heterocycles. The third-order valence-electron chi connectivity index (χ3n) is 5.75. The zero-order valence-corrected chi connectivity index (χ0v) is 17.1. The Kier molecular flexibility index (Phi) is 5.10. The van der Waals surface area contributed by atoms with Gasteiger partial charge in [0, 0.05) is 23.4 Å². The molecule has 2 aromatic carbocycles. The molecule has 0 bridgehead atoms. The van der Waals surface area contributed by atoms with Gasteiger partial charge in [0.1, 0.15) is 17.3 Å². The summed E-state index contributed by atoms with van der Waals surface area (Å²) in [5.41, 5.74) is 8.82. The first kappa shape index (κ1) is 20.2. The second-order valence-electron chi connectivity index (χ2n) is 7.79. The van der Waals surface area contributed by atoms with E-state index in [-0.39, 0.29) is 11.4 Å². The van der Waals surface area contributed by atoms with Crippen molar-refractivity contribution in [1.82, 2.24) is 19.9 Å². The third kappa shape index (κ3) is 3.60. The molecule has 0 radical (unpaired) electrons. The van der Waals surface area contributed by atoms with Crippen LogP contribution in [0.1, 0.15) is 34.8 Å². The van der Waals surface area contributed by atoms with Gasteiger partial charge < -0.3 is 15.8 Å². The number of hydrogen-bond donors (Lipinski definition) is 3. The molecule has 0 atom stereocenters. The zero-order valence-electron chi connectivity index (χ0n) is 17.1. The number of carbonyl (C=O) groups excluding carboxylic acids is 1. The molecule has 9 heteroatoms. The first-order valence-corrected chi connectivity index (χ1v) is 10.3. The van der Waals surface area contributed by atoms with Crippen molar-refractivity contribution in [2.75, 3.05) is 13.1 Å². The SMILES string of the molecule is NC(=O)c1c(-c2ccc(Oc3ccc(F)cc3F)cc2)nc2c(C3CCNCC3)c[nH]n12. The number of aromatic nitrogens is 3. The van der Waals surface area contributed by atoms with Gasteiger partial charge in [0.15, 0.2) is 22.9 Å². The van der Waals surface area contributed by atoms with Crippen LogP contribution in [-0.4, -0.2) is 33.6 Å². The summed E-state index contributed by atoms with van der Waals surface area (Å²) in [6.45, 7) is 1.88. The summed E-state index contributed by atoms with van der Waals surface area (Å²) in [7, 11) is 0. The van der Waals surface area contributed by atoms with Crippen LogP contribution in [0.25, 0.3) is 16.9 Å². The summed E-state index contributed by atoms with van der Waals surface area (Å²) in [6.07, 6.45) is 3.88. The zero-order chi connectivity index (χ0) is 22.2. The number of hydrogen-bond acceptors (Lipinski definition) is 4. The fourth-order valence-corrected chi connectivity index (χ4v) is 4.17. The number of primary amides is 1. The Labute approximate surface area is 182 Å². The molecule has 3 heterocycles. The first-order chi connectivity index (χ1) is 15.5. The number of H-pyrrole nitrogens is 1. The summed E-state index contributed by atoms with van der Waals surface area (Å²) in [5.74, 6) is -1.44. The topological polar surface area (TPSA) is 97.4 Å². The maximum absolute atomic E-state index is 13.9. The normalized spacial score (nSPS) is 14.7. The Bertz CT molecular complexity index is 1290. The van der Waals surface area contributed by atoms with Crippen molar-refractivity contribution >= 4 is 11.6 Å². The second kappa shape index (κ2) is 8.08. The second-order valence-corrected chi connectivity index (χ2v) is 7.79. The minimum atomic E-state index is -0.793. The molecular formula is C23H21F2N5O2. The van der Waals surface area contributed by atoms with Crippen LogP contribution in [0.15, 0.2) is 48.7 Å². The first-order valence-electron chi connectivity index (χ1n) is 10.3. The highest BCUT2D eigenvalue weighted by atomic mass is 19.1. The van der Waals surface area contributed by atoms with Crippen LogP contribution in [-0.2, 0) is 0 Å². The number of amides is 1. The molecule has 2 aromatic heterocycles. The summed E-state index contributed by atoms with van der Waals surface area (Å²) in [4.78, 5) is 17.0. The van der Waals surface area contributed by atoms with Gasteiger partial charge in [0.2, 0.25) is 0 Å². The minimum absolute atomic E-state index is 0.0844. The highest BCUT2D eigenvalue weighted by molar-refractivity contribution is 5.98. The van der Waals surface area contributed by atoms with Crippen molar-refractivity contribution < 1.29 is 18.3 Å². The van der Waals surface area contributed by atoms with E-state index in [4.69, 9.17) is 15.5 Å². The number of rotatable bonds is 5. The Morgan fingerprint density at radius 3 is 2.56 bits per heavy atom. The number of piperidine rings is 1. The molecule has 0 spiro atoms. The van der Waals surface area contributed by atoms with E-state index in [1.165, 1.54) is 6.07 Å². The molecule has 5 rings (SSSR count). The number of nitrogens with two attached hydrogens (primary N) is 1. The maximum atomic E-state index is 13.9.